The molecule has 4 atom stereocenters. The SMILES string of the molecule is CC(NC(=O)C(NC(=O)C(CS)NC(=O)C(N)Cc1ccc(O)cc1)C(C)C)C(=O)O. The Morgan fingerprint density at radius 2 is 1.55 bits per heavy atom. The van der Waals surface area contributed by atoms with E-state index in [0.29, 0.717) is 0 Å². The van der Waals surface area contributed by atoms with Gasteiger partial charge >= 0.3 is 5.97 Å². The monoisotopic (exact) mass is 454 g/mol. The third kappa shape index (κ3) is 8.46. The normalized spacial score (nSPS) is 14.8. The maximum absolute atomic E-state index is 12.6. The molecule has 0 heterocycles. The van der Waals surface area contributed by atoms with Gasteiger partial charge in [-0.1, -0.05) is 26.0 Å². The number of aromatic hydroxyl groups is 1. The summed E-state index contributed by atoms with van der Waals surface area (Å²) < 4.78 is 0. The standard InChI is InChI=1S/C20H30N4O6S/c1-10(2)16(19(28)22-11(3)20(29)30)24-18(27)15(9-31)23-17(26)14(21)8-12-4-6-13(25)7-5-12/h4-7,10-11,14-16,25,31H,8-9,21H2,1-3H3,(H,22,28)(H,23,26)(H,24,27)(H,29,30). The smallest absolute Gasteiger partial charge is 0.325 e. The van der Waals surface area contributed by atoms with E-state index in [1.165, 1.54) is 19.1 Å². The van der Waals surface area contributed by atoms with Crippen molar-refractivity contribution in [1.29, 1.82) is 0 Å². The fraction of sp³-hybridized carbons (Fsp3) is 0.500. The van der Waals surface area contributed by atoms with E-state index in [2.05, 4.69) is 28.6 Å². The van der Waals surface area contributed by atoms with Crippen molar-refractivity contribution in [2.45, 2.75) is 51.4 Å². The summed E-state index contributed by atoms with van der Waals surface area (Å²) in [4.78, 5) is 48.4. The van der Waals surface area contributed by atoms with Crippen molar-refractivity contribution < 1.29 is 29.4 Å². The Morgan fingerprint density at radius 1 is 0.968 bits per heavy atom. The number of amides is 3. The third-order valence-corrected chi connectivity index (χ3v) is 4.89. The number of nitrogens with one attached hydrogen (secondary N) is 3. The van der Waals surface area contributed by atoms with E-state index in [0.717, 1.165) is 5.56 Å². The summed E-state index contributed by atoms with van der Waals surface area (Å²) in [7, 11) is 0. The van der Waals surface area contributed by atoms with E-state index in [9.17, 15) is 24.3 Å². The number of phenolic OH excluding ortho intramolecular Hbond substituents is 1. The molecule has 31 heavy (non-hydrogen) atoms. The predicted molar refractivity (Wildman–Crippen MR) is 118 cm³/mol. The first-order valence-electron chi connectivity index (χ1n) is 9.74. The number of carboxylic acids is 1. The molecule has 1 rings (SSSR count). The van der Waals surface area contributed by atoms with Crippen molar-refractivity contribution >= 4 is 36.3 Å². The van der Waals surface area contributed by atoms with E-state index in [4.69, 9.17) is 10.8 Å². The van der Waals surface area contributed by atoms with Gasteiger partial charge in [0.1, 0.15) is 23.9 Å². The highest BCUT2D eigenvalue weighted by Crippen LogP contribution is 2.11. The first-order chi connectivity index (χ1) is 14.5. The number of hydrogen-bond donors (Lipinski definition) is 7. The lowest BCUT2D eigenvalue weighted by molar-refractivity contribution is -0.142. The van der Waals surface area contributed by atoms with Crippen LogP contribution in [0.5, 0.6) is 5.75 Å². The number of nitrogens with two attached hydrogens (primary N) is 1. The van der Waals surface area contributed by atoms with Crippen LogP contribution >= 0.6 is 12.6 Å². The number of phenols is 1. The summed E-state index contributed by atoms with van der Waals surface area (Å²) in [6.45, 7) is 4.70. The van der Waals surface area contributed by atoms with Gasteiger partial charge in [-0.05, 0) is 37.0 Å². The Morgan fingerprint density at radius 3 is 2.03 bits per heavy atom. The zero-order chi connectivity index (χ0) is 23.7. The topological polar surface area (TPSA) is 171 Å². The predicted octanol–water partition coefficient (Wildman–Crippen LogP) is -0.593. The van der Waals surface area contributed by atoms with Gasteiger partial charge in [-0.2, -0.15) is 12.6 Å². The van der Waals surface area contributed by atoms with Crippen LogP contribution in [0, 0.1) is 5.92 Å². The second-order valence-electron chi connectivity index (χ2n) is 7.52. The number of benzene rings is 1. The molecule has 0 fully saturated rings. The fourth-order valence-electron chi connectivity index (χ4n) is 2.61. The van der Waals surface area contributed by atoms with Gasteiger partial charge in [0.25, 0.3) is 0 Å². The molecular weight excluding hydrogens is 424 g/mol. The molecule has 0 aliphatic rings. The molecule has 10 nitrogen and oxygen atoms in total. The molecule has 3 amide bonds. The lowest BCUT2D eigenvalue weighted by Gasteiger charge is -2.26. The van der Waals surface area contributed by atoms with Crippen LogP contribution in [0.15, 0.2) is 24.3 Å². The molecule has 0 spiro atoms. The van der Waals surface area contributed by atoms with Gasteiger partial charge in [-0.3, -0.25) is 19.2 Å². The Balaban J connectivity index is 2.74. The van der Waals surface area contributed by atoms with E-state index >= 15 is 0 Å². The summed E-state index contributed by atoms with van der Waals surface area (Å²) in [6.07, 6.45) is 0.192. The Kier molecular flexibility index (Phi) is 10.3. The van der Waals surface area contributed by atoms with Crippen molar-refractivity contribution in [3.8, 4) is 5.75 Å². The molecule has 0 saturated heterocycles. The molecule has 11 heteroatoms. The minimum absolute atomic E-state index is 0.0402. The van der Waals surface area contributed by atoms with Gasteiger partial charge in [0.05, 0.1) is 6.04 Å². The van der Waals surface area contributed by atoms with Crippen LogP contribution in [-0.4, -0.2) is 63.8 Å². The zero-order valence-electron chi connectivity index (χ0n) is 17.7. The second kappa shape index (κ2) is 12.2. The first kappa shape index (κ1) is 26.2. The fourth-order valence-corrected chi connectivity index (χ4v) is 2.86. The van der Waals surface area contributed by atoms with Gasteiger partial charge in [0.2, 0.25) is 17.7 Å². The van der Waals surface area contributed by atoms with Crippen LogP contribution in [-0.2, 0) is 25.6 Å². The van der Waals surface area contributed by atoms with Crippen molar-refractivity contribution in [2.75, 3.05) is 5.75 Å². The highest BCUT2D eigenvalue weighted by molar-refractivity contribution is 7.80. The van der Waals surface area contributed by atoms with Gasteiger partial charge in [0, 0.05) is 5.75 Å². The van der Waals surface area contributed by atoms with E-state index in [1.807, 2.05) is 0 Å². The van der Waals surface area contributed by atoms with Crippen LogP contribution in [0.25, 0.3) is 0 Å². The number of carbonyl (C=O) groups is 4. The van der Waals surface area contributed by atoms with Crippen molar-refractivity contribution in [3.63, 3.8) is 0 Å². The number of rotatable bonds is 11. The number of aliphatic carboxylic acids is 1. The van der Waals surface area contributed by atoms with Crippen LogP contribution in [0.3, 0.4) is 0 Å². The molecule has 172 valence electrons. The minimum atomic E-state index is -1.20. The van der Waals surface area contributed by atoms with Gasteiger partial charge in [0.15, 0.2) is 0 Å². The highest BCUT2D eigenvalue weighted by Gasteiger charge is 2.30. The average Bonchev–Trinajstić information content (AvgIpc) is 2.70. The van der Waals surface area contributed by atoms with Crippen molar-refractivity contribution in [1.82, 2.24) is 16.0 Å². The maximum atomic E-state index is 12.6. The Bertz CT molecular complexity index is 786. The molecule has 4 unspecified atom stereocenters. The number of carbonyl (C=O) groups excluding carboxylic acids is 3. The maximum Gasteiger partial charge on any atom is 0.325 e. The molecule has 0 aromatic heterocycles. The number of thiol groups is 1. The van der Waals surface area contributed by atoms with Gasteiger partial charge in [-0.15, -0.1) is 0 Å². The minimum Gasteiger partial charge on any atom is -0.508 e. The summed E-state index contributed by atoms with van der Waals surface area (Å²) in [5.41, 5.74) is 6.65. The molecule has 0 aliphatic heterocycles. The van der Waals surface area contributed by atoms with Crippen molar-refractivity contribution in [3.05, 3.63) is 29.8 Å². The highest BCUT2D eigenvalue weighted by atomic mass is 32.1. The van der Waals surface area contributed by atoms with E-state index in [-0.39, 0.29) is 23.8 Å². The van der Waals surface area contributed by atoms with Crippen LogP contribution in [0.1, 0.15) is 26.3 Å². The average molecular weight is 455 g/mol. The Hall–Kier alpha value is -2.79. The molecular formula is C20H30N4O6S. The molecule has 0 bridgehead atoms. The summed E-state index contributed by atoms with van der Waals surface area (Å²) >= 11 is 4.09. The lowest BCUT2D eigenvalue weighted by Crippen LogP contribution is -2.58. The van der Waals surface area contributed by atoms with E-state index in [1.54, 1.807) is 26.0 Å². The Labute approximate surface area is 186 Å². The van der Waals surface area contributed by atoms with Crippen LogP contribution in [0.2, 0.25) is 0 Å². The van der Waals surface area contributed by atoms with Gasteiger partial charge < -0.3 is 31.9 Å². The zero-order valence-corrected chi connectivity index (χ0v) is 18.6. The van der Waals surface area contributed by atoms with Crippen molar-refractivity contribution in [2.24, 2.45) is 11.7 Å². The molecule has 1 aromatic rings. The summed E-state index contributed by atoms with van der Waals surface area (Å²) in [5, 5.41) is 25.6. The third-order valence-electron chi connectivity index (χ3n) is 4.52. The first-order valence-corrected chi connectivity index (χ1v) is 10.4. The second-order valence-corrected chi connectivity index (χ2v) is 7.88. The van der Waals surface area contributed by atoms with E-state index < -0.39 is 47.9 Å². The van der Waals surface area contributed by atoms with Crippen LogP contribution < -0.4 is 21.7 Å². The molecule has 0 saturated carbocycles. The van der Waals surface area contributed by atoms with Crippen LogP contribution in [0.4, 0.5) is 0 Å². The summed E-state index contributed by atoms with van der Waals surface area (Å²) in [5.74, 6) is -3.35. The number of hydrogen-bond acceptors (Lipinski definition) is 7. The molecule has 1 aromatic carbocycles. The molecule has 7 N–H and O–H groups in total. The molecule has 0 radical (unpaired) electrons. The van der Waals surface area contributed by atoms with Gasteiger partial charge in [-0.25, -0.2) is 0 Å². The lowest BCUT2D eigenvalue weighted by atomic mass is 10.0. The summed E-state index contributed by atoms with van der Waals surface area (Å²) in [6, 6.07) is 2.11. The largest absolute Gasteiger partial charge is 0.508 e. The molecule has 0 aliphatic carbocycles. The quantitative estimate of drug-likeness (QED) is 0.219. The number of carboxylic acid groups (broad SMARTS) is 1.